The quantitative estimate of drug-likeness (QED) is 0.614. The average Bonchev–Trinajstić information content (AvgIpc) is 2.54. The summed E-state index contributed by atoms with van der Waals surface area (Å²) in [7, 11) is 0. The molecular weight excluding hydrogens is 305 g/mol. The first-order valence-electron chi connectivity index (χ1n) is 6.74. The highest BCUT2D eigenvalue weighted by Crippen LogP contribution is 2.29. The van der Waals surface area contributed by atoms with E-state index in [-0.39, 0.29) is 6.61 Å². The topological polar surface area (TPSA) is 45.4 Å². The molecule has 0 amide bonds. The first-order valence-corrected chi connectivity index (χ1v) is 6.74. The largest absolute Gasteiger partial charge is 0.416 e. The maximum absolute atomic E-state index is 12.7. The highest BCUT2D eigenvalue weighted by Gasteiger charge is 2.30. The number of nitrogens with zero attached hydrogens (tertiary/aromatic N) is 2. The maximum atomic E-state index is 12.7. The number of oxime groups is 1. The minimum atomic E-state index is -4.40. The molecule has 0 heterocycles. The first kappa shape index (κ1) is 16.6. The van der Waals surface area contributed by atoms with Gasteiger partial charge in [0, 0.05) is 5.56 Å². The lowest BCUT2D eigenvalue weighted by atomic mass is 10.1. The summed E-state index contributed by atoms with van der Waals surface area (Å²) < 4.78 is 38.1. The lowest BCUT2D eigenvalue weighted by molar-refractivity contribution is -0.137. The Morgan fingerprint density at radius 1 is 1.17 bits per heavy atom. The zero-order chi connectivity index (χ0) is 16.9. The van der Waals surface area contributed by atoms with E-state index >= 15 is 0 Å². The second kappa shape index (κ2) is 6.97. The molecule has 0 aliphatic heterocycles. The molecule has 118 valence electrons. The van der Waals surface area contributed by atoms with Crippen molar-refractivity contribution in [2.75, 3.05) is 0 Å². The molecule has 6 heteroatoms. The summed E-state index contributed by atoms with van der Waals surface area (Å²) in [4.78, 5) is 5.16. The smallest absolute Gasteiger partial charge is 0.391 e. The zero-order valence-corrected chi connectivity index (χ0v) is 12.3. The van der Waals surface area contributed by atoms with E-state index in [1.54, 1.807) is 31.2 Å². The molecule has 2 aromatic rings. The fourth-order valence-corrected chi connectivity index (χ4v) is 1.93. The Morgan fingerprint density at radius 2 is 1.91 bits per heavy atom. The molecule has 0 N–H and O–H groups in total. The van der Waals surface area contributed by atoms with E-state index in [1.807, 2.05) is 6.07 Å². The molecule has 0 saturated heterocycles. The molecule has 2 aromatic carbocycles. The summed E-state index contributed by atoms with van der Waals surface area (Å²) in [6, 6.07) is 13.8. The second-order valence-corrected chi connectivity index (χ2v) is 4.80. The van der Waals surface area contributed by atoms with Gasteiger partial charge in [-0.05, 0) is 30.7 Å². The molecule has 2 rings (SSSR count). The molecule has 0 aliphatic carbocycles. The summed E-state index contributed by atoms with van der Waals surface area (Å²) in [6.07, 6.45) is -4.40. The van der Waals surface area contributed by atoms with E-state index in [4.69, 9.17) is 10.1 Å². The Hall–Kier alpha value is -2.81. The highest BCUT2D eigenvalue weighted by atomic mass is 19.4. The molecule has 23 heavy (non-hydrogen) atoms. The minimum absolute atomic E-state index is 0.0695. The van der Waals surface area contributed by atoms with E-state index in [2.05, 4.69) is 5.16 Å². The summed E-state index contributed by atoms with van der Waals surface area (Å²) in [5.74, 6) is 0. The van der Waals surface area contributed by atoms with Crippen LogP contribution in [-0.2, 0) is 17.6 Å². The molecule has 0 saturated carbocycles. The third-order valence-corrected chi connectivity index (χ3v) is 3.17. The van der Waals surface area contributed by atoms with Gasteiger partial charge in [-0.3, -0.25) is 0 Å². The fraction of sp³-hybridized carbons (Fsp3) is 0.176. The second-order valence-electron chi connectivity index (χ2n) is 4.80. The van der Waals surface area contributed by atoms with Crippen LogP contribution in [0.25, 0.3) is 0 Å². The molecule has 0 unspecified atom stereocenters. The Balaban J connectivity index is 2.10. The van der Waals surface area contributed by atoms with Gasteiger partial charge in [-0.15, -0.1) is 0 Å². The Bertz CT molecular complexity index is 761. The number of hydrogen-bond acceptors (Lipinski definition) is 3. The lowest BCUT2D eigenvalue weighted by Gasteiger charge is -2.08. The summed E-state index contributed by atoms with van der Waals surface area (Å²) >= 11 is 0. The lowest BCUT2D eigenvalue weighted by Crippen LogP contribution is -2.07. The number of hydrogen-bond donors (Lipinski definition) is 0. The molecule has 0 atom stereocenters. The van der Waals surface area contributed by atoms with Gasteiger partial charge in [0.25, 0.3) is 0 Å². The molecular formula is C17H13F3N2O. The van der Waals surface area contributed by atoms with Crippen molar-refractivity contribution < 1.29 is 18.0 Å². The van der Waals surface area contributed by atoms with Gasteiger partial charge >= 0.3 is 6.18 Å². The van der Waals surface area contributed by atoms with Gasteiger partial charge in [-0.25, -0.2) is 0 Å². The molecule has 0 spiro atoms. The van der Waals surface area contributed by atoms with Crippen molar-refractivity contribution in [1.29, 1.82) is 5.26 Å². The third kappa shape index (κ3) is 4.33. The normalized spacial score (nSPS) is 11.9. The van der Waals surface area contributed by atoms with Gasteiger partial charge in [-0.1, -0.05) is 35.5 Å². The van der Waals surface area contributed by atoms with Crippen LogP contribution in [-0.4, -0.2) is 5.71 Å². The molecule has 0 aromatic heterocycles. The van der Waals surface area contributed by atoms with Gasteiger partial charge in [0.05, 0.1) is 22.9 Å². The van der Waals surface area contributed by atoms with E-state index in [9.17, 15) is 13.2 Å². The van der Waals surface area contributed by atoms with Crippen LogP contribution in [0.3, 0.4) is 0 Å². The van der Waals surface area contributed by atoms with Crippen LogP contribution in [0.1, 0.15) is 29.2 Å². The number of benzene rings is 2. The molecule has 0 radical (unpaired) electrons. The van der Waals surface area contributed by atoms with Crippen molar-refractivity contribution in [3.63, 3.8) is 0 Å². The summed E-state index contributed by atoms with van der Waals surface area (Å²) in [6.45, 7) is 1.63. The van der Waals surface area contributed by atoms with Crippen molar-refractivity contribution in [1.82, 2.24) is 0 Å². The number of nitriles is 1. The zero-order valence-electron chi connectivity index (χ0n) is 12.3. The predicted molar refractivity (Wildman–Crippen MR) is 79.6 cm³/mol. The van der Waals surface area contributed by atoms with Crippen LogP contribution in [0.5, 0.6) is 0 Å². The van der Waals surface area contributed by atoms with Crippen LogP contribution in [0, 0.1) is 11.3 Å². The fourth-order valence-electron chi connectivity index (χ4n) is 1.93. The Labute approximate surface area is 131 Å². The first-order chi connectivity index (χ1) is 10.9. The van der Waals surface area contributed by atoms with Crippen LogP contribution < -0.4 is 0 Å². The summed E-state index contributed by atoms with van der Waals surface area (Å²) in [5, 5.41) is 12.8. The maximum Gasteiger partial charge on any atom is 0.416 e. The van der Waals surface area contributed by atoms with E-state index < -0.39 is 11.7 Å². The third-order valence-electron chi connectivity index (χ3n) is 3.17. The van der Waals surface area contributed by atoms with Crippen LogP contribution in [0.15, 0.2) is 53.7 Å². The molecule has 3 nitrogen and oxygen atoms in total. The van der Waals surface area contributed by atoms with E-state index in [0.29, 0.717) is 22.4 Å². The highest BCUT2D eigenvalue weighted by molar-refractivity contribution is 5.98. The van der Waals surface area contributed by atoms with Crippen molar-refractivity contribution in [2.24, 2.45) is 5.16 Å². The van der Waals surface area contributed by atoms with E-state index in [0.717, 1.165) is 12.1 Å². The van der Waals surface area contributed by atoms with Gasteiger partial charge in [0.1, 0.15) is 6.61 Å². The predicted octanol–water partition coefficient (Wildman–Crippen LogP) is 4.52. The monoisotopic (exact) mass is 318 g/mol. The van der Waals surface area contributed by atoms with Crippen molar-refractivity contribution in [2.45, 2.75) is 19.7 Å². The van der Waals surface area contributed by atoms with E-state index in [1.165, 1.54) is 12.1 Å². The van der Waals surface area contributed by atoms with Crippen molar-refractivity contribution >= 4 is 5.71 Å². The van der Waals surface area contributed by atoms with Crippen molar-refractivity contribution in [3.05, 3.63) is 70.8 Å². The number of halogens is 3. The molecule has 0 bridgehead atoms. The van der Waals surface area contributed by atoms with Gasteiger partial charge in [0.2, 0.25) is 0 Å². The van der Waals surface area contributed by atoms with Gasteiger partial charge in [0.15, 0.2) is 0 Å². The van der Waals surface area contributed by atoms with Crippen molar-refractivity contribution in [3.8, 4) is 6.07 Å². The SMILES string of the molecule is C/C(=N/OCc1ccccc1C#N)c1cccc(C(F)(F)F)c1. The number of alkyl halides is 3. The Kier molecular flexibility index (Phi) is 5.02. The molecule has 0 aliphatic rings. The molecule has 0 fully saturated rings. The Morgan fingerprint density at radius 3 is 2.61 bits per heavy atom. The van der Waals surface area contributed by atoms with Crippen LogP contribution in [0.2, 0.25) is 0 Å². The average molecular weight is 318 g/mol. The standard InChI is InChI=1S/C17H13F3N2O/c1-12(13-7-4-8-16(9-13)17(18,19)20)22-23-11-15-6-3-2-5-14(15)10-21/h2-9H,11H2,1H3/b22-12-. The van der Waals surface area contributed by atoms with Crippen LogP contribution in [0.4, 0.5) is 13.2 Å². The van der Waals surface area contributed by atoms with Gasteiger partial charge in [-0.2, -0.15) is 18.4 Å². The summed E-state index contributed by atoms with van der Waals surface area (Å²) in [5.41, 5.74) is 1.05. The van der Waals surface area contributed by atoms with Gasteiger partial charge < -0.3 is 4.84 Å². The van der Waals surface area contributed by atoms with Crippen LogP contribution >= 0.6 is 0 Å². The minimum Gasteiger partial charge on any atom is -0.391 e. The number of rotatable bonds is 4.